The number of nitriles is 1. The second-order valence-corrected chi connectivity index (χ2v) is 4.80. The SMILES string of the molecule is CSC(=NC#N)SCOc1ccc([N+](=O)[O-])cc1. The van der Waals surface area contributed by atoms with E-state index in [2.05, 4.69) is 4.99 Å². The standard InChI is InChI=1S/C10H9N3O3S2/c1-17-10(12-6-11)18-7-16-9-4-2-8(3-5-9)13(14)15/h2-5H,7H2,1H3. The summed E-state index contributed by atoms with van der Waals surface area (Å²) in [6.45, 7) is 0. The van der Waals surface area contributed by atoms with Crippen LogP contribution in [-0.4, -0.2) is 21.5 Å². The van der Waals surface area contributed by atoms with Crippen molar-refractivity contribution in [3.8, 4) is 11.9 Å². The molecule has 0 N–H and O–H groups in total. The van der Waals surface area contributed by atoms with Gasteiger partial charge in [0.1, 0.15) is 16.1 Å². The molecule has 0 amide bonds. The number of hydrogen-bond acceptors (Lipinski definition) is 7. The third-order valence-corrected chi connectivity index (χ3v) is 3.64. The maximum absolute atomic E-state index is 10.4. The minimum absolute atomic E-state index is 0.0193. The Morgan fingerprint density at radius 2 is 2.22 bits per heavy atom. The number of benzene rings is 1. The molecule has 0 saturated carbocycles. The average molecular weight is 283 g/mol. The van der Waals surface area contributed by atoms with Gasteiger partial charge >= 0.3 is 0 Å². The molecule has 0 aliphatic heterocycles. The minimum Gasteiger partial charge on any atom is -0.483 e. The number of rotatable bonds is 4. The Balaban J connectivity index is 2.47. The normalized spacial score (nSPS) is 10.8. The van der Waals surface area contributed by atoms with Crippen LogP contribution >= 0.6 is 23.5 Å². The Hall–Kier alpha value is -1.72. The van der Waals surface area contributed by atoms with Gasteiger partial charge in [0.05, 0.1) is 4.92 Å². The van der Waals surface area contributed by atoms with Gasteiger partial charge < -0.3 is 4.74 Å². The molecular formula is C10H9N3O3S2. The van der Waals surface area contributed by atoms with Gasteiger partial charge in [0.2, 0.25) is 6.19 Å². The molecule has 1 aromatic carbocycles. The summed E-state index contributed by atoms with van der Waals surface area (Å²) in [6.07, 6.45) is 3.52. The highest BCUT2D eigenvalue weighted by Crippen LogP contribution is 2.20. The van der Waals surface area contributed by atoms with Gasteiger partial charge in [-0.05, 0) is 18.4 Å². The van der Waals surface area contributed by atoms with Gasteiger partial charge in [-0.2, -0.15) is 10.3 Å². The number of hydrogen-bond donors (Lipinski definition) is 0. The lowest BCUT2D eigenvalue weighted by molar-refractivity contribution is -0.384. The maximum Gasteiger partial charge on any atom is 0.269 e. The molecule has 0 aliphatic carbocycles. The fourth-order valence-electron chi connectivity index (χ4n) is 0.990. The maximum atomic E-state index is 10.4. The van der Waals surface area contributed by atoms with E-state index in [1.807, 2.05) is 6.26 Å². The first-order chi connectivity index (χ1) is 8.67. The third kappa shape index (κ3) is 4.65. The van der Waals surface area contributed by atoms with E-state index in [-0.39, 0.29) is 5.69 Å². The zero-order valence-electron chi connectivity index (χ0n) is 9.40. The highest BCUT2D eigenvalue weighted by Gasteiger charge is 2.05. The van der Waals surface area contributed by atoms with E-state index >= 15 is 0 Å². The quantitative estimate of drug-likeness (QED) is 0.211. The van der Waals surface area contributed by atoms with Crippen LogP contribution in [-0.2, 0) is 0 Å². The van der Waals surface area contributed by atoms with Gasteiger partial charge in [-0.25, -0.2) is 0 Å². The van der Waals surface area contributed by atoms with E-state index in [9.17, 15) is 10.1 Å². The van der Waals surface area contributed by atoms with Crippen molar-refractivity contribution >= 4 is 33.6 Å². The molecular weight excluding hydrogens is 274 g/mol. The first-order valence-corrected chi connectivity index (χ1v) is 6.89. The predicted molar refractivity (Wildman–Crippen MR) is 72.7 cm³/mol. The molecule has 0 aliphatic rings. The van der Waals surface area contributed by atoms with Crippen molar-refractivity contribution in [2.45, 2.75) is 0 Å². The number of nitro groups is 1. The third-order valence-electron chi connectivity index (χ3n) is 1.77. The molecule has 0 bridgehead atoms. The van der Waals surface area contributed by atoms with Gasteiger partial charge in [-0.3, -0.25) is 10.1 Å². The lowest BCUT2D eigenvalue weighted by Gasteiger charge is -2.05. The Kier molecular flexibility index (Phi) is 6.04. The van der Waals surface area contributed by atoms with Gasteiger partial charge in [0.15, 0.2) is 0 Å². The van der Waals surface area contributed by atoms with Crippen LogP contribution in [0.3, 0.4) is 0 Å². The lowest BCUT2D eigenvalue weighted by atomic mass is 10.3. The van der Waals surface area contributed by atoms with Crippen molar-refractivity contribution in [2.75, 3.05) is 12.2 Å². The molecule has 0 heterocycles. The number of non-ortho nitro benzene ring substituents is 1. The van der Waals surface area contributed by atoms with Crippen molar-refractivity contribution in [3.63, 3.8) is 0 Å². The van der Waals surface area contributed by atoms with Crippen molar-refractivity contribution in [1.29, 1.82) is 5.26 Å². The predicted octanol–water partition coefficient (Wildman–Crippen LogP) is 2.86. The summed E-state index contributed by atoms with van der Waals surface area (Å²) in [5, 5.41) is 18.8. The van der Waals surface area contributed by atoms with Gasteiger partial charge in [-0.1, -0.05) is 11.8 Å². The highest BCUT2D eigenvalue weighted by atomic mass is 32.2. The Morgan fingerprint density at radius 1 is 1.56 bits per heavy atom. The zero-order chi connectivity index (χ0) is 13.4. The molecule has 94 valence electrons. The summed E-state index contributed by atoms with van der Waals surface area (Å²) in [5.74, 6) is 0.824. The Morgan fingerprint density at radius 3 is 2.72 bits per heavy atom. The van der Waals surface area contributed by atoms with E-state index in [1.165, 1.54) is 47.8 Å². The van der Waals surface area contributed by atoms with Gasteiger partial charge in [0.25, 0.3) is 5.69 Å². The topological polar surface area (TPSA) is 88.5 Å². The molecule has 0 spiro atoms. The summed E-state index contributed by atoms with van der Waals surface area (Å²) >= 11 is 2.64. The van der Waals surface area contributed by atoms with Gasteiger partial charge in [-0.15, -0.1) is 11.8 Å². The summed E-state index contributed by atoms with van der Waals surface area (Å²) < 4.78 is 5.97. The average Bonchev–Trinajstić information content (AvgIpc) is 2.38. The molecule has 0 fully saturated rings. The number of nitro benzene ring substituents is 1. The lowest BCUT2D eigenvalue weighted by Crippen LogP contribution is -1.96. The number of thioether (sulfide) groups is 2. The van der Waals surface area contributed by atoms with Crippen molar-refractivity contribution in [1.82, 2.24) is 0 Å². The molecule has 0 atom stereocenters. The molecule has 1 rings (SSSR count). The van der Waals surface area contributed by atoms with E-state index < -0.39 is 4.92 Å². The monoisotopic (exact) mass is 283 g/mol. The molecule has 18 heavy (non-hydrogen) atoms. The van der Waals surface area contributed by atoms with Crippen LogP contribution in [0.2, 0.25) is 0 Å². The first-order valence-electron chi connectivity index (χ1n) is 4.68. The highest BCUT2D eigenvalue weighted by molar-refractivity contribution is 8.38. The molecule has 0 unspecified atom stereocenters. The molecule has 1 aromatic rings. The Bertz CT molecular complexity index is 482. The van der Waals surface area contributed by atoms with Gasteiger partial charge in [0, 0.05) is 12.1 Å². The van der Waals surface area contributed by atoms with Crippen LogP contribution in [0.15, 0.2) is 29.3 Å². The van der Waals surface area contributed by atoms with Crippen LogP contribution in [0.5, 0.6) is 5.75 Å². The van der Waals surface area contributed by atoms with E-state index in [4.69, 9.17) is 10.00 Å². The second kappa shape index (κ2) is 7.58. The second-order valence-electron chi connectivity index (χ2n) is 2.84. The largest absolute Gasteiger partial charge is 0.483 e. The summed E-state index contributed by atoms with van der Waals surface area (Å²) in [7, 11) is 0. The summed E-state index contributed by atoms with van der Waals surface area (Å²) in [4.78, 5) is 13.6. The van der Waals surface area contributed by atoms with Crippen LogP contribution in [0.4, 0.5) is 5.69 Å². The smallest absolute Gasteiger partial charge is 0.269 e. The fraction of sp³-hybridized carbons (Fsp3) is 0.200. The summed E-state index contributed by atoms with van der Waals surface area (Å²) in [5.41, 5.74) is 0.0193. The number of aliphatic imine (C=N–C) groups is 1. The molecule has 6 nitrogen and oxygen atoms in total. The molecule has 0 aromatic heterocycles. The first kappa shape index (κ1) is 14.3. The van der Waals surface area contributed by atoms with E-state index in [1.54, 1.807) is 6.19 Å². The minimum atomic E-state index is -0.468. The van der Waals surface area contributed by atoms with Crippen LogP contribution in [0.25, 0.3) is 0 Å². The van der Waals surface area contributed by atoms with Crippen molar-refractivity contribution < 1.29 is 9.66 Å². The molecule has 8 heteroatoms. The fourth-order valence-corrected chi connectivity index (χ4v) is 2.14. The van der Waals surface area contributed by atoms with Crippen LogP contribution in [0, 0.1) is 21.6 Å². The summed E-state index contributed by atoms with van der Waals surface area (Å²) in [6, 6.07) is 5.80. The van der Waals surface area contributed by atoms with Crippen molar-refractivity contribution in [3.05, 3.63) is 34.4 Å². The number of ether oxygens (including phenoxy) is 1. The Labute approximate surface area is 112 Å². The van der Waals surface area contributed by atoms with E-state index in [0.717, 1.165) is 0 Å². The van der Waals surface area contributed by atoms with E-state index in [0.29, 0.717) is 16.1 Å². The molecule has 0 radical (unpaired) electrons. The number of nitrogens with zero attached hydrogens (tertiary/aromatic N) is 3. The van der Waals surface area contributed by atoms with Crippen molar-refractivity contribution in [2.24, 2.45) is 4.99 Å². The molecule has 0 saturated heterocycles. The zero-order valence-corrected chi connectivity index (χ0v) is 11.0. The van der Waals surface area contributed by atoms with Crippen LogP contribution in [0.1, 0.15) is 0 Å². The van der Waals surface area contributed by atoms with Crippen LogP contribution < -0.4 is 4.74 Å².